The first-order valence-electron chi connectivity index (χ1n) is 5.45. The van der Waals surface area contributed by atoms with Crippen molar-refractivity contribution >= 4 is 39.2 Å². The van der Waals surface area contributed by atoms with Gasteiger partial charge in [-0.05, 0) is 41.9 Å². The molecule has 1 N–H and O–H groups in total. The van der Waals surface area contributed by atoms with Gasteiger partial charge in [0.25, 0.3) is 0 Å². The minimum atomic E-state index is -0.487. The summed E-state index contributed by atoms with van der Waals surface area (Å²) in [5.74, 6) is 0.270. The highest BCUT2D eigenvalue weighted by Gasteiger charge is 2.17. The molecule has 18 heavy (non-hydrogen) atoms. The second kappa shape index (κ2) is 6.85. The van der Waals surface area contributed by atoms with Crippen LogP contribution in [0.3, 0.4) is 0 Å². The maximum atomic E-state index is 11.4. The zero-order chi connectivity index (χ0) is 13.7. The third-order valence-corrected chi connectivity index (χ3v) is 3.03. The predicted molar refractivity (Wildman–Crippen MR) is 75.4 cm³/mol. The van der Waals surface area contributed by atoms with Crippen LogP contribution in [-0.2, 0) is 9.53 Å². The number of nitrogens with one attached hydrogen (secondary N) is 1. The van der Waals surface area contributed by atoms with Crippen LogP contribution in [0.2, 0.25) is 5.02 Å². The molecule has 0 bridgehead atoms. The Morgan fingerprint density at radius 2 is 2.22 bits per heavy atom. The van der Waals surface area contributed by atoms with Gasteiger partial charge >= 0.3 is 5.97 Å². The lowest BCUT2D eigenvalue weighted by Crippen LogP contribution is -2.27. The van der Waals surface area contributed by atoms with Crippen molar-refractivity contribution in [3.63, 3.8) is 0 Å². The SMILES string of the molecule is CCOc1c(Br)cc(Cl)cc1NC(C)C(=O)OC. The average molecular weight is 337 g/mol. The highest BCUT2D eigenvalue weighted by molar-refractivity contribution is 9.10. The fourth-order valence-corrected chi connectivity index (χ4v) is 2.35. The van der Waals surface area contributed by atoms with Crippen LogP contribution in [-0.4, -0.2) is 25.7 Å². The van der Waals surface area contributed by atoms with Crippen LogP contribution in [0.5, 0.6) is 5.75 Å². The van der Waals surface area contributed by atoms with Gasteiger partial charge in [0, 0.05) is 5.02 Å². The molecular formula is C12H15BrClNO3. The fourth-order valence-electron chi connectivity index (χ4n) is 1.43. The van der Waals surface area contributed by atoms with E-state index in [0.29, 0.717) is 23.1 Å². The summed E-state index contributed by atoms with van der Waals surface area (Å²) < 4.78 is 10.9. The van der Waals surface area contributed by atoms with E-state index in [1.165, 1.54) is 7.11 Å². The standard InChI is InChI=1S/C12H15BrClNO3/c1-4-18-11-9(13)5-8(14)6-10(11)15-7(2)12(16)17-3/h5-7,15H,4H2,1-3H3. The lowest BCUT2D eigenvalue weighted by atomic mass is 10.2. The van der Waals surface area contributed by atoms with E-state index in [4.69, 9.17) is 16.3 Å². The summed E-state index contributed by atoms with van der Waals surface area (Å²) in [4.78, 5) is 11.4. The van der Waals surface area contributed by atoms with Gasteiger partial charge in [0.1, 0.15) is 6.04 Å². The van der Waals surface area contributed by atoms with Crippen LogP contribution >= 0.6 is 27.5 Å². The maximum absolute atomic E-state index is 11.4. The number of rotatable bonds is 5. The summed E-state index contributed by atoms with van der Waals surface area (Å²) in [5, 5.41) is 3.56. The monoisotopic (exact) mass is 335 g/mol. The van der Waals surface area contributed by atoms with E-state index >= 15 is 0 Å². The number of anilines is 1. The molecule has 6 heteroatoms. The van der Waals surface area contributed by atoms with E-state index in [1.54, 1.807) is 19.1 Å². The lowest BCUT2D eigenvalue weighted by Gasteiger charge is -2.17. The third kappa shape index (κ3) is 3.78. The summed E-state index contributed by atoms with van der Waals surface area (Å²) in [6, 6.07) is 2.96. The molecule has 0 aliphatic rings. The number of hydrogen-bond donors (Lipinski definition) is 1. The molecule has 100 valence electrons. The minimum Gasteiger partial charge on any atom is -0.491 e. The van der Waals surface area contributed by atoms with Crippen LogP contribution in [0.15, 0.2) is 16.6 Å². The van der Waals surface area contributed by atoms with Crippen molar-refractivity contribution in [2.75, 3.05) is 19.0 Å². The third-order valence-electron chi connectivity index (χ3n) is 2.22. The van der Waals surface area contributed by atoms with Gasteiger partial charge in [-0.3, -0.25) is 0 Å². The number of carbonyl (C=O) groups is 1. The van der Waals surface area contributed by atoms with Gasteiger partial charge in [-0.2, -0.15) is 0 Å². The molecule has 0 aliphatic carbocycles. The first-order chi connectivity index (χ1) is 8.49. The number of benzene rings is 1. The van der Waals surface area contributed by atoms with Crippen LogP contribution in [0, 0.1) is 0 Å². The number of hydrogen-bond acceptors (Lipinski definition) is 4. The van der Waals surface area contributed by atoms with Gasteiger partial charge in [-0.1, -0.05) is 11.6 Å². The molecule has 0 saturated heterocycles. The molecule has 0 heterocycles. The second-order valence-corrected chi connectivity index (χ2v) is 4.88. The quantitative estimate of drug-likeness (QED) is 0.836. The van der Waals surface area contributed by atoms with Gasteiger partial charge < -0.3 is 14.8 Å². The molecule has 1 rings (SSSR count). The summed E-state index contributed by atoms with van der Waals surface area (Å²) >= 11 is 9.35. The topological polar surface area (TPSA) is 47.6 Å². The molecule has 4 nitrogen and oxygen atoms in total. The van der Waals surface area contributed by atoms with E-state index < -0.39 is 6.04 Å². The Hall–Kier alpha value is -0.940. The largest absolute Gasteiger partial charge is 0.491 e. The molecular weight excluding hydrogens is 321 g/mol. The number of carbonyl (C=O) groups excluding carboxylic acids is 1. The fraction of sp³-hybridized carbons (Fsp3) is 0.417. The summed E-state index contributed by atoms with van der Waals surface area (Å²) in [6.07, 6.45) is 0. The Kier molecular flexibility index (Phi) is 5.75. The van der Waals surface area contributed by atoms with Crippen LogP contribution in [0.4, 0.5) is 5.69 Å². The Balaban J connectivity index is 3.02. The van der Waals surface area contributed by atoms with Gasteiger partial charge in [0.2, 0.25) is 0 Å². The first kappa shape index (κ1) is 15.1. The Morgan fingerprint density at radius 1 is 1.56 bits per heavy atom. The van der Waals surface area contributed by atoms with Crippen molar-refractivity contribution in [1.82, 2.24) is 0 Å². The van der Waals surface area contributed by atoms with E-state index in [2.05, 4.69) is 26.0 Å². The average Bonchev–Trinajstić information content (AvgIpc) is 2.32. The highest BCUT2D eigenvalue weighted by Crippen LogP contribution is 2.36. The van der Waals surface area contributed by atoms with Gasteiger partial charge in [-0.15, -0.1) is 0 Å². The Morgan fingerprint density at radius 3 is 2.78 bits per heavy atom. The van der Waals surface area contributed by atoms with Gasteiger partial charge in [0.15, 0.2) is 5.75 Å². The summed E-state index contributed by atoms with van der Waals surface area (Å²) in [6.45, 7) is 4.10. The van der Waals surface area contributed by atoms with Crippen molar-refractivity contribution in [3.8, 4) is 5.75 Å². The van der Waals surface area contributed by atoms with Crippen molar-refractivity contribution in [1.29, 1.82) is 0 Å². The molecule has 0 spiro atoms. The van der Waals surface area contributed by atoms with Crippen LogP contribution in [0.1, 0.15) is 13.8 Å². The first-order valence-corrected chi connectivity index (χ1v) is 6.62. The normalized spacial score (nSPS) is 11.8. The Labute approximate surface area is 120 Å². The van der Waals surface area contributed by atoms with Gasteiger partial charge in [-0.25, -0.2) is 4.79 Å². The number of esters is 1. The van der Waals surface area contributed by atoms with Crippen LogP contribution in [0.25, 0.3) is 0 Å². The zero-order valence-electron chi connectivity index (χ0n) is 10.4. The van der Waals surface area contributed by atoms with Crippen LogP contribution < -0.4 is 10.1 Å². The molecule has 0 amide bonds. The number of methoxy groups -OCH3 is 1. The smallest absolute Gasteiger partial charge is 0.327 e. The zero-order valence-corrected chi connectivity index (χ0v) is 12.8. The Bertz CT molecular complexity index is 440. The van der Waals surface area contributed by atoms with E-state index in [0.717, 1.165) is 4.47 Å². The summed E-state index contributed by atoms with van der Waals surface area (Å²) in [7, 11) is 1.35. The molecule has 0 aromatic heterocycles. The predicted octanol–water partition coefficient (Wildman–Crippen LogP) is 3.47. The van der Waals surface area contributed by atoms with E-state index in [9.17, 15) is 4.79 Å². The van der Waals surface area contributed by atoms with Crippen molar-refractivity contribution in [2.24, 2.45) is 0 Å². The molecule has 1 unspecified atom stereocenters. The second-order valence-electron chi connectivity index (χ2n) is 3.59. The molecule has 0 saturated carbocycles. The molecule has 0 radical (unpaired) electrons. The van der Waals surface area contributed by atoms with E-state index in [-0.39, 0.29) is 5.97 Å². The molecule has 0 aliphatic heterocycles. The maximum Gasteiger partial charge on any atom is 0.327 e. The highest BCUT2D eigenvalue weighted by atomic mass is 79.9. The lowest BCUT2D eigenvalue weighted by molar-refractivity contribution is -0.141. The van der Waals surface area contributed by atoms with Crippen molar-refractivity contribution in [3.05, 3.63) is 21.6 Å². The minimum absolute atomic E-state index is 0.353. The van der Waals surface area contributed by atoms with Crippen molar-refractivity contribution in [2.45, 2.75) is 19.9 Å². The number of ether oxygens (including phenoxy) is 2. The molecule has 0 fully saturated rings. The number of halogens is 2. The van der Waals surface area contributed by atoms with Gasteiger partial charge in [0.05, 0.1) is 23.9 Å². The molecule has 1 aromatic carbocycles. The van der Waals surface area contributed by atoms with Crippen molar-refractivity contribution < 1.29 is 14.3 Å². The van der Waals surface area contributed by atoms with E-state index in [1.807, 2.05) is 6.92 Å². The summed E-state index contributed by atoms with van der Waals surface area (Å²) in [5.41, 5.74) is 0.647. The molecule has 1 aromatic rings. The molecule has 1 atom stereocenters.